The summed E-state index contributed by atoms with van der Waals surface area (Å²) in [4.78, 5) is 17.6. The molecule has 1 amide bonds. The smallest absolute Gasteiger partial charge is 0.233 e. The molecule has 1 saturated carbocycles. The van der Waals surface area contributed by atoms with Crippen LogP contribution in [0.5, 0.6) is 0 Å². The van der Waals surface area contributed by atoms with Crippen molar-refractivity contribution in [3.8, 4) is 0 Å². The van der Waals surface area contributed by atoms with E-state index in [0.29, 0.717) is 6.54 Å². The summed E-state index contributed by atoms with van der Waals surface area (Å²) in [6.07, 6.45) is 3.07. The summed E-state index contributed by atoms with van der Waals surface area (Å²) in [5.74, 6) is 0.287. The molecule has 0 N–H and O–H groups in total. The fourth-order valence-corrected chi connectivity index (χ4v) is 3.88. The number of hydrogen-bond donors (Lipinski definition) is 0. The van der Waals surface area contributed by atoms with E-state index in [9.17, 15) is 4.79 Å². The van der Waals surface area contributed by atoms with Crippen LogP contribution in [-0.4, -0.2) is 36.3 Å². The molecule has 26 heavy (non-hydrogen) atoms. The van der Waals surface area contributed by atoms with Gasteiger partial charge in [-0.25, -0.2) is 0 Å². The number of benzene rings is 2. The maximum atomic E-state index is 13.4. The van der Waals surface area contributed by atoms with E-state index >= 15 is 0 Å². The standard InChI is InChI=1S/C23H30N2O/c1-4-25(18-20-13-11-19(12-14-20)17-24(2)3)22(26)23(15-8-16-23)21-9-6-5-7-10-21/h5-7,9-14H,4,8,15-18H2,1-3H3. The zero-order valence-corrected chi connectivity index (χ0v) is 16.2. The van der Waals surface area contributed by atoms with Crippen molar-refractivity contribution in [1.82, 2.24) is 9.80 Å². The van der Waals surface area contributed by atoms with Gasteiger partial charge in [-0.2, -0.15) is 0 Å². The Morgan fingerprint density at radius 1 is 0.923 bits per heavy atom. The van der Waals surface area contributed by atoms with Gasteiger partial charge in [0.25, 0.3) is 0 Å². The van der Waals surface area contributed by atoms with Crippen LogP contribution in [0, 0.1) is 0 Å². The molecule has 0 unspecified atom stereocenters. The highest BCUT2D eigenvalue weighted by Crippen LogP contribution is 2.45. The Bertz CT molecular complexity index is 718. The van der Waals surface area contributed by atoms with Crippen LogP contribution in [-0.2, 0) is 23.3 Å². The third kappa shape index (κ3) is 3.83. The second-order valence-electron chi connectivity index (χ2n) is 7.68. The van der Waals surface area contributed by atoms with E-state index in [0.717, 1.165) is 32.4 Å². The molecule has 0 aromatic heterocycles. The lowest BCUT2D eigenvalue weighted by atomic mass is 9.63. The predicted octanol–water partition coefficient (Wildman–Crippen LogP) is 4.22. The van der Waals surface area contributed by atoms with Crippen LogP contribution in [0.25, 0.3) is 0 Å². The van der Waals surface area contributed by atoms with Crippen molar-refractivity contribution in [3.63, 3.8) is 0 Å². The first-order valence-corrected chi connectivity index (χ1v) is 9.62. The molecule has 1 aliphatic rings. The average Bonchev–Trinajstić information content (AvgIpc) is 2.60. The van der Waals surface area contributed by atoms with E-state index < -0.39 is 0 Å². The number of likely N-dealkylation sites (N-methyl/N-ethyl adjacent to an activating group) is 1. The molecule has 0 radical (unpaired) electrons. The molecule has 0 atom stereocenters. The summed E-state index contributed by atoms with van der Waals surface area (Å²) in [5, 5.41) is 0. The first-order chi connectivity index (χ1) is 12.5. The summed E-state index contributed by atoms with van der Waals surface area (Å²) in [7, 11) is 4.15. The highest BCUT2D eigenvalue weighted by Gasteiger charge is 2.47. The second kappa shape index (κ2) is 8.05. The van der Waals surface area contributed by atoms with Crippen LogP contribution in [0.3, 0.4) is 0 Å². The molecule has 0 spiro atoms. The van der Waals surface area contributed by atoms with E-state index in [1.54, 1.807) is 0 Å². The summed E-state index contributed by atoms with van der Waals surface area (Å²) < 4.78 is 0. The summed E-state index contributed by atoms with van der Waals surface area (Å²) in [6, 6.07) is 19.0. The Labute approximate surface area is 157 Å². The number of rotatable bonds is 7. The van der Waals surface area contributed by atoms with Crippen LogP contribution < -0.4 is 0 Å². The minimum absolute atomic E-state index is 0.287. The normalized spacial score (nSPS) is 15.5. The van der Waals surface area contributed by atoms with Crippen molar-refractivity contribution < 1.29 is 4.79 Å². The van der Waals surface area contributed by atoms with Crippen LogP contribution >= 0.6 is 0 Å². The molecule has 0 bridgehead atoms. The molecule has 0 saturated heterocycles. The number of nitrogens with zero attached hydrogens (tertiary/aromatic N) is 2. The molecule has 1 fully saturated rings. The Morgan fingerprint density at radius 3 is 1.96 bits per heavy atom. The Morgan fingerprint density at radius 2 is 1.50 bits per heavy atom. The quantitative estimate of drug-likeness (QED) is 0.746. The first-order valence-electron chi connectivity index (χ1n) is 9.62. The molecule has 2 aromatic rings. The number of hydrogen-bond acceptors (Lipinski definition) is 2. The van der Waals surface area contributed by atoms with Gasteiger partial charge in [0.15, 0.2) is 0 Å². The fraction of sp³-hybridized carbons (Fsp3) is 0.435. The van der Waals surface area contributed by atoms with E-state index in [2.05, 4.69) is 62.3 Å². The Kier molecular flexibility index (Phi) is 5.77. The van der Waals surface area contributed by atoms with Gasteiger partial charge in [0, 0.05) is 19.6 Å². The molecule has 0 aliphatic heterocycles. The van der Waals surface area contributed by atoms with Crippen molar-refractivity contribution in [3.05, 3.63) is 71.3 Å². The van der Waals surface area contributed by atoms with Gasteiger partial charge in [0.1, 0.15) is 0 Å². The van der Waals surface area contributed by atoms with Gasteiger partial charge < -0.3 is 9.80 Å². The molecular weight excluding hydrogens is 320 g/mol. The third-order valence-electron chi connectivity index (χ3n) is 5.51. The summed E-state index contributed by atoms with van der Waals surface area (Å²) >= 11 is 0. The van der Waals surface area contributed by atoms with Gasteiger partial charge in [0.2, 0.25) is 5.91 Å². The highest BCUT2D eigenvalue weighted by atomic mass is 16.2. The van der Waals surface area contributed by atoms with Crippen molar-refractivity contribution >= 4 is 5.91 Å². The van der Waals surface area contributed by atoms with Gasteiger partial charge in [-0.15, -0.1) is 0 Å². The van der Waals surface area contributed by atoms with Crippen LogP contribution in [0.2, 0.25) is 0 Å². The van der Waals surface area contributed by atoms with E-state index in [-0.39, 0.29) is 11.3 Å². The minimum atomic E-state index is -0.303. The molecule has 138 valence electrons. The van der Waals surface area contributed by atoms with Crippen LogP contribution in [0.4, 0.5) is 0 Å². The lowest BCUT2D eigenvalue weighted by molar-refractivity contribution is -0.141. The number of carbonyl (C=O) groups is 1. The summed E-state index contributed by atoms with van der Waals surface area (Å²) in [6.45, 7) is 4.45. The third-order valence-corrected chi connectivity index (χ3v) is 5.51. The maximum Gasteiger partial charge on any atom is 0.233 e. The molecule has 3 nitrogen and oxygen atoms in total. The highest BCUT2D eigenvalue weighted by molar-refractivity contribution is 5.89. The van der Waals surface area contributed by atoms with Gasteiger partial charge in [-0.05, 0) is 50.6 Å². The maximum absolute atomic E-state index is 13.4. The molecular formula is C23H30N2O. The van der Waals surface area contributed by atoms with Gasteiger partial charge in [-0.3, -0.25) is 4.79 Å². The van der Waals surface area contributed by atoms with Crippen LogP contribution in [0.15, 0.2) is 54.6 Å². The van der Waals surface area contributed by atoms with Crippen molar-refractivity contribution in [2.24, 2.45) is 0 Å². The monoisotopic (exact) mass is 350 g/mol. The number of carbonyl (C=O) groups excluding carboxylic acids is 1. The van der Waals surface area contributed by atoms with Crippen molar-refractivity contribution in [2.75, 3.05) is 20.6 Å². The number of amides is 1. The lowest BCUT2D eigenvalue weighted by Gasteiger charge is -2.44. The Balaban J connectivity index is 1.75. The van der Waals surface area contributed by atoms with Gasteiger partial charge in [0.05, 0.1) is 5.41 Å². The fourth-order valence-electron chi connectivity index (χ4n) is 3.88. The Hall–Kier alpha value is -2.13. The molecule has 3 heteroatoms. The zero-order valence-electron chi connectivity index (χ0n) is 16.2. The van der Waals surface area contributed by atoms with Crippen LogP contribution in [0.1, 0.15) is 42.9 Å². The first kappa shape index (κ1) is 18.7. The lowest BCUT2D eigenvalue weighted by Crippen LogP contribution is -2.50. The molecule has 3 rings (SSSR count). The SMILES string of the molecule is CCN(Cc1ccc(CN(C)C)cc1)C(=O)C1(c2ccccc2)CCC1. The van der Waals surface area contributed by atoms with E-state index in [1.807, 2.05) is 23.1 Å². The topological polar surface area (TPSA) is 23.6 Å². The van der Waals surface area contributed by atoms with Crippen molar-refractivity contribution in [1.29, 1.82) is 0 Å². The average molecular weight is 351 g/mol. The van der Waals surface area contributed by atoms with Crippen molar-refractivity contribution in [2.45, 2.75) is 44.7 Å². The largest absolute Gasteiger partial charge is 0.338 e. The van der Waals surface area contributed by atoms with E-state index in [4.69, 9.17) is 0 Å². The van der Waals surface area contributed by atoms with Gasteiger partial charge in [-0.1, -0.05) is 61.0 Å². The minimum Gasteiger partial charge on any atom is -0.338 e. The predicted molar refractivity (Wildman–Crippen MR) is 107 cm³/mol. The molecule has 0 heterocycles. The van der Waals surface area contributed by atoms with Gasteiger partial charge >= 0.3 is 0 Å². The zero-order chi connectivity index (χ0) is 18.6. The summed E-state index contributed by atoms with van der Waals surface area (Å²) in [5.41, 5.74) is 3.37. The second-order valence-corrected chi connectivity index (χ2v) is 7.68. The molecule has 2 aromatic carbocycles. The van der Waals surface area contributed by atoms with E-state index in [1.165, 1.54) is 16.7 Å². The molecule has 1 aliphatic carbocycles.